The number of nitriles is 1. The molecule has 0 saturated heterocycles. The second-order valence-corrected chi connectivity index (χ2v) is 8.59. The summed E-state index contributed by atoms with van der Waals surface area (Å²) in [5.74, 6) is 0.433. The molecular weight excluding hydrogens is 536 g/mol. The molecule has 0 unspecified atom stereocenters. The summed E-state index contributed by atoms with van der Waals surface area (Å²) in [6, 6.07) is 20.8. The predicted molar refractivity (Wildman–Crippen MR) is 133 cm³/mol. The summed E-state index contributed by atoms with van der Waals surface area (Å²) in [6.07, 6.45) is 1.49. The normalized spacial score (nSPS) is 10.9. The first-order valence-electron chi connectivity index (χ1n) is 9.65. The molecule has 7 heteroatoms. The Kier molecular flexibility index (Phi) is 8.09. The van der Waals surface area contributed by atoms with Crippen molar-refractivity contribution >= 4 is 49.5 Å². The number of nitrogens with zero attached hydrogens (tertiary/aromatic N) is 1. The van der Waals surface area contributed by atoms with E-state index in [4.69, 9.17) is 9.47 Å². The molecule has 162 valence electrons. The molecule has 0 heterocycles. The first-order valence-corrected chi connectivity index (χ1v) is 11.2. The standard InChI is InChI=1S/C25H20Br2N2O3/c1-16-11-20(26)23(21(27)12-16)29-25(30)19(14-28)13-18-9-6-10-22(31-2)24(18)32-15-17-7-4-3-5-8-17/h3-13H,15H2,1-2H3,(H,29,30)/b19-13+. The first kappa shape index (κ1) is 23.6. The van der Waals surface area contributed by atoms with Crippen molar-refractivity contribution < 1.29 is 14.3 Å². The topological polar surface area (TPSA) is 71.3 Å². The molecule has 5 nitrogen and oxygen atoms in total. The average molecular weight is 556 g/mol. The van der Waals surface area contributed by atoms with Gasteiger partial charge in [-0.3, -0.25) is 4.79 Å². The number of benzene rings is 3. The van der Waals surface area contributed by atoms with Gasteiger partial charge in [-0.25, -0.2) is 0 Å². The summed E-state index contributed by atoms with van der Waals surface area (Å²) < 4.78 is 12.9. The summed E-state index contributed by atoms with van der Waals surface area (Å²) in [7, 11) is 1.54. The van der Waals surface area contributed by atoms with Crippen LogP contribution >= 0.6 is 31.9 Å². The Balaban J connectivity index is 1.91. The fraction of sp³-hybridized carbons (Fsp3) is 0.120. The van der Waals surface area contributed by atoms with E-state index in [9.17, 15) is 10.1 Å². The molecule has 0 aromatic heterocycles. The molecule has 0 radical (unpaired) electrons. The van der Waals surface area contributed by atoms with Crippen LogP contribution in [0.3, 0.4) is 0 Å². The Morgan fingerprint density at radius 1 is 1.09 bits per heavy atom. The van der Waals surface area contributed by atoms with Crippen LogP contribution in [0.4, 0.5) is 5.69 Å². The zero-order valence-corrected chi connectivity index (χ0v) is 20.7. The van der Waals surface area contributed by atoms with E-state index in [-0.39, 0.29) is 5.57 Å². The third-order valence-electron chi connectivity index (χ3n) is 4.55. The molecule has 32 heavy (non-hydrogen) atoms. The van der Waals surface area contributed by atoms with Gasteiger partial charge in [0.2, 0.25) is 0 Å². The van der Waals surface area contributed by atoms with Gasteiger partial charge in [-0.05, 0) is 74.2 Å². The van der Waals surface area contributed by atoms with Gasteiger partial charge < -0.3 is 14.8 Å². The molecule has 0 saturated carbocycles. The van der Waals surface area contributed by atoms with Crippen LogP contribution in [-0.4, -0.2) is 13.0 Å². The summed E-state index contributed by atoms with van der Waals surface area (Å²) in [4.78, 5) is 12.9. The van der Waals surface area contributed by atoms with Crippen LogP contribution in [0.15, 0.2) is 75.2 Å². The highest BCUT2D eigenvalue weighted by molar-refractivity contribution is 9.11. The Bertz CT molecular complexity index is 1180. The van der Waals surface area contributed by atoms with Gasteiger partial charge in [0.1, 0.15) is 18.2 Å². The highest BCUT2D eigenvalue weighted by Gasteiger charge is 2.16. The average Bonchev–Trinajstić information content (AvgIpc) is 2.79. The van der Waals surface area contributed by atoms with Crippen molar-refractivity contribution in [2.24, 2.45) is 0 Å². The van der Waals surface area contributed by atoms with Crippen molar-refractivity contribution in [3.63, 3.8) is 0 Å². The summed E-state index contributed by atoms with van der Waals surface area (Å²) in [5.41, 5.74) is 3.05. The SMILES string of the molecule is COc1cccc(/C=C(\C#N)C(=O)Nc2c(Br)cc(C)cc2Br)c1OCc1ccccc1. The Hall–Kier alpha value is -3.08. The molecule has 3 aromatic rings. The van der Waals surface area contributed by atoms with E-state index in [1.54, 1.807) is 25.3 Å². The van der Waals surface area contributed by atoms with Gasteiger partial charge in [-0.1, -0.05) is 42.5 Å². The van der Waals surface area contributed by atoms with Gasteiger partial charge in [0.05, 0.1) is 12.8 Å². The van der Waals surface area contributed by atoms with Crippen LogP contribution in [-0.2, 0) is 11.4 Å². The Morgan fingerprint density at radius 2 is 1.78 bits per heavy atom. The lowest BCUT2D eigenvalue weighted by Gasteiger charge is -2.14. The molecule has 0 fully saturated rings. The van der Waals surface area contributed by atoms with Crippen molar-refractivity contribution in [1.29, 1.82) is 5.26 Å². The summed E-state index contributed by atoms with van der Waals surface area (Å²) in [5, 5.41) is 12.5. The number of ether oxygens (including phenoxy) is 2. The molecule has 3 aromatic carbocycles. The first-order chi connectivity index (χ1) is 15.4. The minimum atomic E-state index is -0.533. The maximum absolute atomic E-state index is 12.9. The van der Waals surface area contributed by atoms with Crippen LogP contribution in [0.25, 0.3) is 6.08 Å². The smallest absolute Gasteiger partial charge is 0.266 e. The van der Waals surface area contributed by atoms with E-state index < -0.39 is 5.91 Å². The number of methoxy groups -OCH3 is 1. The largest absolute Gasteiger partial charge is 0.493 e. The minimum Gasteiger partial charge on any atom is -0.493 e. The lowest BCUT2D eigenvalue weighted by molar-refractivity contribution is -0.112. The van der Waals surface area contributed by atoms with Gasteiger partial charge in [-0.2, -0.15) is 5.26 Å². The maximum atomic E-state index is 12.9. The zero-order chi connectivity index (χ0) is 23.1. The number of nitrogens with one attached hydrogen (secondary N) is 1. The van der Waals surface area contributed by atoms with E-state index >= 15 is 0 Å². The molecule has 3 rings (SSSR count). The molecule has 1 amide bonds. The number of hydrogen-bond acceptors (Lipinski definition) is 4. The quantitative estimate of drug-likeness (QED) is 0.261. The Morgan fingerprint density at radius 3 is 2.41 bits per heavy atom. The number of carbonyl (C=O) groups is 1. The maximum Gasteiger partial charge on any atom is 0.266 e. The van der Waals surface area contributed by atoms with E-state index in [0.717, 1.165) is 11.1 Å². The van der Waals surface area contributed by atoms with E-state index in [1.165, 1.54) is 6.08 Å². The highest BCUT2D eigenvalue weighted by atomic mass is 79.9. The van der Waals surface area contributed by atoms with Crippen molar-refractivity contribution in [3.8, 4) is 17.6 Å². The predicted octanol–water partition coefficient (Wildman–Crippen LogP) is 6.65. The van der Waals surface area contributed by atoms with Crippen molar-refractivity contribution in [1.82, 2.24) is 0 Å². The number of anilines is 1. The third-order valence-corrected chi connectivity index (χ3v) is 5.80. The fourth-order valence-corrected chi connectivity index (χ4v) is 4.61. The molecule has 0 atom stereocenters. The number of hydrogen-bond donors (Lipinski definition) is 1. The van der Waals surface area contributed by atoms with Gasteiger partial charge >= 0.3 is 0 Å². The molecule has 0 aliphatic heterocycles. The number of carbonyl (C=O) groups excluding carboxylic acids is 1. The fourth-order valence-electron chi connectivity index (χ4n) is 3.00. The molecule has 0 aliphatic carbocycles. The molecule has 0 spiro atoms. The van der Waals surface area contributed by atoms with E-state index in [1.807, 2.05) is 55.5 Å². The molecule has 1 N–H and O–H groups in total. The lowest BCUT2D eigenvalue weighted by atomic mass is 10.1. The number of aryl methyl sites for hydroxylation is 1. The highest BCUT2D eigenvalue weighted by Crippen LogP contribution is 2.35. The van der Waals surface area contributed by atoms with Crippen molar-refractivity contribution in [2.75, 3.05) is 12.4 Å². The lowest BCUT2D eigenvalue weighted by Crippen LogP contribution is -2.14. The van der Waals surface area contributed by atoms with Gasteiger partial charge in [0, 0.05) is 14.5 Å². The minimum absolute atomic E-state index is 0.0674. The number of para-hydroxylation sites is 1. The van der Waals surface area contributed by atoms with Crippen LogP contribution in [0.5, 0.6) is 11.5 Å². The summed E-state index contributed by atoms with van der Waals surface area (Å²) >= 11 is 6.91. The van der Waals surface area contributed by atoms with E-state index in [0.29, 0.717) is 38.3 Å². The van der Waals surface area contributed by atoms with Crippen LogP contribution in [0.1, 0.15) is 16.7 Å². The molecule has 0 aliphatic rings. The van der Waals surface area contributed by atoms with Crippen LogP contribution in [0, 0.1) is 18.3 Å². The Labute approximate surface area is 203 Å². The monoisotopic (exact) mass is 554 g/mol. The van der Waals surface area contributed by atoms with Crippen LogP contribution < -0.4 is 14.8 Å². The second kappa shape index (κ2) is 11.0. The number of rotatable bonds is 7. The van der Waals surface area contributed by atoms with Crippen molar-refractivity contribution in [3.05, 3.63) is 91.9 Å². The van der Waals surface area contributed by atoms with E-state index in [2.05, 4.69) is 37.2 Å². The van der Waals surface area contributed by atoms with Gasteiger partial charge in [0.25, 0.3) is 5.91 Å². The van der Waals surface area contributed by atoms with Crippen molar-refractivity contribution in [2.45, 2.75) is 13.5 Å². The number of amides is 1. The zero-order valence-electron chi connectivity index (χ0n) is 17.5. The second-order valence-electron chi connectivity index (χ2n) is 6.88. The van der Waals surface area contributed by atoms with Gasteiger partial charge in [-0.15, -0.1) is 0 Å². The summed E-state index contributed by atoms with van der Waals surface area (Å²) in [6.45, 7) is 2.26. The molecular formula is C25H20Br2N2O3. The van der Waals surface area contributed by atoms with Gasteiger partial charge in [0.15, 0.2) is 11.5 Å². The van der Waals surface area contributed by atoms with Crippen LogP contribution in [0.2, 0.25) is 0 Å². The number of halogens is 2. The molecule has 0 bridgehead atoms. The third kappa shape index (κ3) is 5.78.